The van der Waals surface area contributed by atoms with E-state index < -0.39 is 0 Å². The Morgan fingerprint density at radius 1 is 1.23 bits per heavy atom. The molecule has 1 aliphatic carbocycles. The minimum absolute atomic E-state index is 0. The lowest BCUT2D eigenvalue weighted by Gasteiger charge is -2.26. The number of carbonyl (C=O) groups is 1. The number of ether oxygens (including phenoxy) is 1. The predicted octanol–water partition coefficient (Wildman–Crippen LogP) is 2.57. The lowest BCUT2D eigenvalue weighted by Crippen LogP contribution is -2.39. The van der Waals surface area contributed by atoms with Crippen LogP contribution in [0.25, 0.3) is 0 Å². The number of halogens is 1. The van der Waals surface area contributed by atoms with Gasteiger partial charge in [-0.05, 0) is 37.7 Å². The molecule has 1 saturated carbocycles. The van der Waals surface area contributed by atoms with Gasteiger partial charge >= 0.3 is 0 Å². The number of nitrogens with one attached hydrogen (secondary N) is 1. The van der Waals surface area contributed by atoms with Crippen molar-refractivity contribution in [3.8, 4) is 0 Å². The second-order valence-electron chi connectivity index (χ2n) is 6.22. The van der Waals surface area contributed by atoms with Gasteiger partial charge in [0.05, 0.1) is 12.1 Å². The molecule has 4 unspecified atom stereocenters. The molecule has 3 N–H and O–H groups in total. The van der Waals surface area contributed by atoms with Crippen molar-refractivity contribution in [1.82, 2.24) is 5.32 Å². The van der Waals surface area contributed by atoms with Crippen LogP contribution in [0.15, 0.2) is 30.3 Å². The Morgan fingerprint density at radius 2 is 2.00 bits per heavy atom. The monoisotopic (exact) mass is 324 g/mol. The number of hydrogen-bond donors (Lipinski definition) is 2. The number of carbonyl (C=O) groups excluding carboxylic acids is 1. The van der Waals surface area contributed by atoms with Gasteiger partial charge in [0.15, 0.2) is 0 Å². The van der Waals surface area contributed by atoms with E-state index in [1.165, 1.54) is 0 Å². The Kier molecular flexibility index (Phi) is 6.24. The summed E-state index contributed by atoms with van der Waals surface area (Å²) >= 11 is 0. The highest BCUT2D eigenvalue weighted by molar-refractivity contribution is 5.85. The highest BCUT2D eigenvalue weighted by Crippen LogP contribution is 2.29. The van der Waals surface area contributed by atoms with Gasteiger partial charge < -0.3 is 15.8 Å². The third-order valence-electron chi connectivity index (χ3n) is 4.64. The van der Waals surface area contributed by atoms with Gasteiger partial charge in [0.25, 0.3) is 0 Å². The van der Waals surface area contributed by atoms with Crippen molar-refractivity contribution >= 4 is 18.3 Å². The summed E-state index contributed by atoms with van der Waals surface area (Å²) in [6, 6.07) is 10.3. The third-order valence-corrected chi connectivity index (χ3v) is 4.64. The summed E-state index contributed by atoms with van der Waals surface area (Å²) < 4.78 is 5.81. The summed E-state index contributed by atoms with van der Waals surface area (Å²) in [5.41, 5.74) is 7.05. The van der Waals surface area contributed by atoms with E-state index in [1.807, 2.05) is 18.2 Å². The number of benzene rings is 1. The van der Waals surface area contributed by atoms with Gasteiger partial charge in [-0.1, -0.05) is 30.3 Å². The van der Waals surface area contributed by atoms with Gasteiger partial charge in [0.1, 0.15) is 0 Å². The quantitative estimate of drug-likeness (QED) is 0.894. The third kappa shape index (κ3) is 4.00. The molecule has 5 heteroatoms. The van der Waals surface area contributed by atoms with Crippen molar-refractivity contribution in [2.75, 3.05) is 6.61 Å². The zero-order valence-electron chi connectivity index (χ0n) is 12.7. The van der Waals surface area contributed by atoms with Crippen LogP contribution in [0, 0.1) is 5.92 Å². The molecule has 2 aliphatic rings. The topological polar surface area (TPSA) is 64.4 Å². The summed E-state index contributed by atoms with van der Waals surface area (Å²) in [6.07, 6.45) is 4.82. The maximum Gasteiger partial charge on any atom is 0.223 e. The van der Waals surface area contributed by atoms with E-state index in [9.17, 15) is 4.79 Å². The average molecular weight is 325 g/mol. The Balaban J connectivity index is 0.00000176. The van der Waals surface area contributed by atoms with E-state index in [0.29, 0.717) is 0 Å². The number of rotatable bonds is 4. The molecule has 1 amide bonds. The summed E-state index contributed by atoms with van der Waals surface area (Å²) in [7, 11) is 0. The number of amides is 1. The molecule has 22 heavy (non-hydrogen) atoms. The fourth-order valence-corrected chi connectivity index (χ4v) is 3.44. The van der Waals surface area contributed by atoms with Crippen LogP contribution in [-0.4, -0.2) is 24.7 Å². The molecule has 0 aromatic heterocycles. The van der Waals surface area contributed by atoms with Gasteiger partial charge in [-0.3, -0.25) is 4.79 Å². The SMILES string of the molecule is Cl.NC1CCC(C(=O)NC(c2ccccc2)C2CCCO2)C1. The van der Waals surface area contributed by atoms with E-state index in [4.69, 9.17) is 10.5 Å². The van der Waals surface area contributed by atoms with E-state index in [2.05, 4.69) is 17.4 Å². The highest BCUT2D eigenvalue weighted by atomic mass is 35.5. The van der Waals surface area contributed by atoms with Crippen molar-refractivity contribution in [2.45, 2.75) is 50.3 Å². The molecule has 4 atom stereocenters. The zero-order chi connectivity index (χ0) is 14.7. The first-order valence-electron chi connectivity index (χ1n) is 7.96. The van der Waals surface area contributed by atoms with E-state index in [-0.39, 0.29) is 42.4 Å². The molecule has 0 spiro atoms. The summed E-state index contributed by atoms with van der Waals surface area (Å²) in [5.74, 6) is 0.194. The van der Waals surface area contributed by atoms with Gasteiger partial charge in [-0.2, -0.15) is 0 Å². The van der Waals surface area contributed by atoms with Gasteiger partial charge in [0.2, 0.25) is 5.91 Å². The largest absolute Gasteiger partial charge is 0.376 e. The van der Waals surface area contributed by atoms with E-state index >= 15 is 0 Å². The molecule has 3 rings (SSSR count). The molecule has 1 saturated heterocycles. The van der Waals surface area contributed by atoms with Crippen LogP contribution < -0.4 is 11.1 Å². The summed E-state index contributed by atoms with van der Waals surface area (Å²) in [4.78, 5) is 12.5. The molecule has 0 bridgehead atoms. The molecule has 1 aromatic rings. The molecule has 122 valence electrons. The normalized spacial score (nSPS) is 28.9. The van der Waals surface area contributed by atoms with Crippen LogP contribution in [0.4, 0.5) is 0 Å². The molecular weight excluding hydrogens is 300 g/mol. The van der Waals surface area contributed by atoms with Gasteiger partial charge in [0, 0.05) is 18.6 Å². The zero-order valence-corrected chi connectivity index (χ0v) is 13.6. The second-order valence-corrected chi connectivity index (χ2v) is 6.22. The molecule has 1 aromatic carbocycles. The van der Waals surface area contributed by atoms with E-state index in [1.54, 1.807) is 0 Å². The Bertz CT molecular complexity index is 477. The van der Waals surface area contributed by atoms with Crippen LogP contribution in [-0.2, 0) is 9.53 Å². The lowest BCUT2D eigenvalue weighted by atomic mass is 9.97. The van der Waals surface area contributed by atoms with Gasteiger partial charge in [-0.25, -0.2) is 0 Å². The first kappa shape index (κ1) is 17.3. The standard InChI is InChI=1S/C17H24N2O2.ClH/c18-14-9-8-13(11-14)17(20)19-16(15-7-4-10-21-15)12-5-2-1-3-6-12;/h1-3,5-6,13-16H,4,7-11,18H2,(H,19,20);1H. The van der Waals surface area contributed by atoms with E-state index in [0.717, 1.165) is 44.3 Å². The van der Waals surface area contributed by atoms with Crippen LogP contribution in [0.5, 0.6) is 0 Å². The van der Waals surface area contributed by atoms with Crippen LogP contribution >= 0.6 is 12.4 Å². The number of hydrogen-bond acceptors (Lipinski definition) is 3. The molecule has 4 nitrogen and oxygen atoms in total. The molecule has 2 fully saturated rings. The summed E-state index contributed by atoms with van der Waals surface area (Å²) in [5, 5.41) is 3.22. The van der Waals surface area contributed by atoms with Crippen molar-refractivity contribution < 1.29 is 9.53 Å². The fourth-order valence-electron chi connectivity index (χ4n) is 3.44. The maximum absolute atomic E-state index is 12.5. The summed E-state index contributed by atoms with van der Waals surface area (Å²) in [6.45, 7) is 0.790. The molecular formula is C17H25ClN2O2. The minimum Gasteiger partial charge on any atom is -0.376 e. The Hall–Kier alpha value is -1.10. The smallest absolute Gasteiger partial charge is 0.223 e. The fraction of sp³-hybridized carbons (Fsp3) is 0.588. The van der Waals surface area contributed by atoms with Crippen molar-refractivity contribution in [3.63, 3.8) is 0 Å². The molecule has 1 aliphatic heterocycles. The van der Waals surface area contributed by atoms with Gasteiger partial charge in [-0.15, -0.1) is 12.4 Å². The molecule has 0 radical (unpaired) electrons. The van der Waals surface area contributed by atoms with Crippen molar-refractivity contribution in [1.29, 1.82) is 0 Å². The lowest BCUT2D eigenvalue weighted by molar-refractivity contribution is -0.126. The van der Waals surface area contributed by atoms with Crippen LogP contribution in [0.1, 0.15) is 43.7 Å². The predicted molar refractivity (Wildman–Crippen MR) is 88.9 cm³/mol. The average Bonchev–Trinajstić information content (AvgIpc) is 3.17. The Labute approximate surface area is 138 Å². The maximum atomic E-state index is 12.5. The second kappa shape index (κ2) is 7.95. The van der Waals surface area contributed by atoms with Crippen molar-refractivity contribution in [2.24, 2.45) is 11.7 Å². The van der Waals surface area contributed by atoms with Crippen LogP contribution in [0.3, 0.4) is 0 Å². The Morgan fingerprint density at radius 3 is 2.59 bits per heavy atom. The van der Waals surface area contributed by atoms with Crippen molar-refractivity contribution in [3.05, 3.63) is 35.9 Å². The van der Waals surface area contributed by atoms with Crippen LogP contribution in [0.2, 0.25) is 0 Å². The first-order valence-corrected chi connectivity index (χ1v) is 7.96. The number of nitrogens with two attached hydrogens (primary N) is 1. The highest BCUT2D eigenvalue weighted by Gasteiger charge is 2.33. The first-order chi connectivity index (χ1) is 10.2. The minimum atomic E-state index is -0.0435. The molecule has 1 heterocycles.